The van der Waals surface area contributed by atoms with Gasteiger partial charge in [0.25, 0.3) is 0 Å². The Morgan fingerprint density at radius 2 is 2.20 bits per heavy atom. The SMILES string of the molecule is CN1CSc2ccccc21. The molecule has 1 nitrogen and oxygen atoms in total. The Bertz CT molecular complexity index is 247. The second-order valence-corrected chi connectivity index (χ2v) is 3.43. The normalized spacial score (nSPS) is 15.5. The summed E-state index contributed by atoms with van der Waals surface area (Å²) in [6.07, 6.45) is 0. The smallest absolute Gasteiger partial charge is 0.0683 e. The fraction of sp³-hybridized carbons (Fsp3) is 0.250. The van der Waals surface area contributed by atoms with Crippen LogP contribution in [0.1, 0.15) is 0 Å². The third-order valence-electron chi connectivity index (χ3n) is 1.69. The van der Waals surface area contributed by atoms with Gasteiger partial charge in [0.15, 0.2) is 0 Å². The standard InChI is InChI=1S/C8H9NS/c1-9-6-10-8-5-3-2-4-7(8)9/h2-5H,6H2,1H3. The molecule has 1 aliphatic rings. The molecule has 0 aromatic heterocycles. The molecule has 1 heterocycles. The van der Waals surface area contributed by atoms with E-state index >= 15 is 0 Å². The highest BCUT2D eigenvalue weighted by molar-refractivity contribution is 7.99. The fourth-order valence-electron chi connectivity index (χ4n) is 1.13. The number of hydrogen-bond donors (Lipinski definition) is 0. The molecular weight excluding hydrogens is 142 g/mol. The quantitative estimate of drug-likeness (QED) is 0.559. The van der Waals surface area contributed by atoms with Crippen LogP contribution in [-0.4, -0.2) is 12.9 Å². The molecule has 52 valence electrons. The van der Waals surface area contributed by atoms with Gasteiger partial charge in [0.1, 0.15) is 0 Å². The van der Waals surface area contributed by atoms with Gasteiger partial charge in [-0.3, -0.25) is 0 Å². The minimum Gasteiger partial charge on any atom is -0.364 e. The van der Waals surface area contributed by atoms with E-state index in [4.69, 9.17) is 0 Å². The van der Waals surface area contributed by atoms with Crippen LogP contribution in [0.3, 0.4) is 0 Å². The molecule has 0 radical (unpaired) electrons. The van der Waals surface area contributed by atoms with Gasteiger partial charge in [-0.25, -0.2) is 0 Å². The summed E-state index contributed by atoms with van der Waals surface area (Å²) in [4.78, 5) is 3.67. The molecule has 0 atom stereocenters. The van der Waals surface area contributed by atoms with Crippen LogP contribution >= 0.6 is 11.8 Å². The molecule has 2 heteroatoms. The first kappa shape index (κ1) is 6.10. The predicted octanol–water partition coefficient (Wildman–Crippen LogP) is 2.19. The van der Waals surface area contributed by atoms with Gasteiger partial charge in [0.05, 0.1) is 11.6 Å². The molecule has 1 aromatic carbocycles. The monoisotopic (exact) mass is 151 g/mol. The van der Waals surface area contributed by atoms with Gasteiger partial charge in [-0.1, -0.05) is 12.1 Å². The minimum absolute atomic E-state index is 1.10. The van der Waals surface area contributed by atoms with Crippen LogP contribution in [0.25, 0.3) is 0 Å². The first-order chi connectivity index (χ1) is 4.88. The van der Waals surface area contributed by atoms with Gasteiger partial charge >= 0.3 is 0 Å². The van der Waals surface area contributed by atoms with Crippen molar-refractivity contribution in [2.45, 2.75) is 4.90 Å². The first-order valence-corrected chi connectivity index (χ1v) is 4.29. The Balaban J connectivity index is 2.51. The molecule has 0 amide bonds. The average molecular weight is 151 g/mol. The van der Waals surface area contributed by atoms with Gasteiger partial charge in [-0.2, -0.15) is 0 Å². The molecule has 0 unspecified atom stereocenters. The zero-order valence-corrected chi connectivity index (χ0v) is 6.69. The van der Waals surface area contributed by atoms with E-state index < -0.39 is 0 Å². The molecule has 0 spiro atoms. The van der Waals surface area contributed by atoms with Crippen molar-refractivity contribution >= 4 is 17.4 Å². The lowest BCUT2D eigenvalue weighted by Gasteiger charge is -2.08. The molecule has 10 heavy (non-hydrogen) atoms. The Morgan fingerprint density at radius 1 is 1.40 bits per heavy atom. The lowest BCUT2D eigenvalue weighted by Crippen LogP contribution is -2.10. The summed E-state index contributed by atoms with van der Waals surface area (Å²) in [5.74, 6) is 1.10. The van der Waals surface area contributed by atoms with Gasteiger partial charge in [-0.05, 0) is 12.1 Å². The Kier molecular flexibility index (Phi) is 1.34. The maximum atomic E-state index is 2.26. The Labute approximate surface area is 65.0 Å². The summed E-state index contributed by atoms with van der Waals surface area (Å²) in [6, 6.07) is 8.50. The lowest BCUT2D eigenvalue weighted by molar-refractivity contribution is 1.10. The zero-order chi connectivity index (χ0) is 6.97. The van der Waals surface area contributed by atoms with E-state index in [2.05, 4.69) is 36.2 Å². The number of anilines is 1. The third-order valence-corrected chi connectivity index (χ3v) is 2.86. The maximum Gasteiger partial charge on any atom is 0.0683 e. The number of benzene rings is 1. The Hall–Kier alpha value is -0.630. The Morgan fingerprint density at radius 3 is 3.00 bits per heavy atom. The van der Waals surface area contributed by atoms with Crippen molar-refractivity contribution in [3.8, 4) is 0 Å². The minimum atomic E-state index is 1.10. The number of nitrogens with zero attached hydrogens (tertiary/aromatic N) is 1. The molecule has 0 bridgehead atoms. The van der Waals surface area contributed by atoms with Gasteiger partial charge in [-0.15, -0.1) is 11.8 Å². The number of rotatable bonds is 0. The van der Waals surface area contributed by atoms with Crippen molar-refractivity contribution in [2.75, 3.05) is 17.8 Å². The molecule has 1 aromatic rings. The van der Waals surface area contributed by atoms with Gasteiger partial charge in [0, 0.05) is 11.9 Å². The van der Waals surface area contributed by atoms with Crippen LogP contribution in [0.15, 0.2) is 29.2 Å². The third kappa shape index (κ3) is 0.797. The van der Waals surface area contributed by atoms with Crippen LogP contribution in [0.2, 0.25) is 0 Å². The van der Waals surface area contributed by atoms with Crippen LogP contribution < -0.4 is 4.90 Å². The van der Waals surface area contributed by atoms with Gasteiger partial charge in [0.2, 0.25) is 0 Å². The summed E-state index contributed by atoms with van der Waals surface area (Å²) in [5.41, 5.74) is 1.37. The van der Waals surface area contributed by atoms with E-state index in [-0.39, 0.29) is 0 Å². The van der Waals surface area contributed by atoms with Gasteiger partial charge < -0.3 is 4.90 Å². The number of fused-ring (bicyclic) bond motifs is 1. The second-order valence-electron chi connectivity index (χ2n) is 2.44. The van der Waals surface area contributed by atoms with Crippen molar-refractivity contribution in [1.29, 1.82) is 0 Å². The summed E-state index contributed by atoms with van der Waals surface area (Å²) in [6.45, 7) is 0. The molecule has 0 aliphatic carbocycles. The topological polar surface area (TPSA) is 3.24 Å². The first-order valence-electron chi connectivity index (χ1n) is 3.31. The van der Waals surface area contributed by atoms with Crippen molar-refractivity contribution in [1.82, 2.24) is 0 Å². The van der Waals surface area contributed by atoms with E-state index in [0.29, 0.717) is 0 Å². The predicted molar refractivity (Wildman–Crippen MR) is 45.6 cm³/mol. The molecular formula is C8H9NS. The number of para-hydroxylation sites is 1. The molecule has 0 saturated carbocycles. The highest BCUT2D eigenvalue weighted by Crippen LogP contribution is 2.36. The highest BCUT2D eigenvalue weighted by atomic mass is 32.2. The molecule has 0 saturated heterocycles. The van der Waals surface area contributed by atoms with E-state index in [9.17, 15) is 0 Å². The summed E-state index contributed by atoms with van der Waals surface area (Å²) < 4.78 is 0. The largest absolute Gasteiger partial charge is 0.364 e. The van der Waals surface area contributed by atoms with Crippen molar-refractivity contribution < 1.29 is 0 Å². The zero-order valence-electron chi connectivity index (χ0n) is 5.87. The summed E-state index contributed by atoms with van der Waals surface area (Å²) in [7, 11) is 2.12. The molecule has 1 aliphatic heterocycles. The van der Waals surface area contributed by atoms with Crippen molar-refractivity contribution in [2.24, 2.45) is 0 Å². The average Bonchev–Trinajstić information content (AvgIpc) is 2.34. The second kappa shape index (κ2) is 2.20. The van der Waals surface area contributed by atoms with Crippen LogP contribution in [0.4, 0.5) is 5.69 Å². The van der Waals surface area contributed by atoms with E-state index in [1.807, 2.05) is 11.8 Å². The summed E-state index contributed by atoms with van der Waals surface area (Å²) in [5, 5.41) is 0. The van der Waals surface area contributed by atoms with E-state index in [1.54, 1.807) is 0 Å². The molecule has 2 rings (SSSR count). The van der Waals surface area contributed by atoms with Crippen molar-refractivity contribution in [3.05, 3.63) is 24.3 Å². The fourth-order valence-corrected chi connectivity index (χ4v) is 2.15. The lowest BCUT2D eigenvalue weighted by atomic mass is 10.3. The molecule has 0 N–H and O–H groups in total. The highest BCUT2D eigenvalue weighted by Gasteiger charge is 2.13. The number of hydrogen-bond acceptors (Lipinski definition) is 2. The maximum absolute atomic E-state index is 2.26. The van der Waals surface area contributed by atoms with Crippen molar-refractivity contribution in [3.63, 3.8) is 0 Å². The molecule has 0 fully saturated rings. The van der Waals surface area contributed by atoms with E-state index in [0.717, 1.165) is 5.88 Å². The van der Waals surface area contributed by atoms with Crippen LogP contribution in [-0.2, 0) is 0 Å². The van der Waals surface area contributed by atoms with Crippen LogP contribution in [0.5, 0.6) is 0 Å². The summed E-state index contributed by atoms with van der Waals surface area (Å²) >= 11 is 1.90. The number of thioether (sulfide) groups is 1. The van der Waals surface area contributed by atoms with E-state index in [1.165, 1.54) is 10.6 Å². The van der Waals surface area contributed by atoms with Crippen LogP contribution in [0, 0.1) is 0 Å².